The summed E-state index contributed by atoms with van der Waals surface area (Å²) in [6.45, 7) is 6.11. The van der Waals surface area contributed by atoms with Gasteiger partial charge in [-0.25, -0.2) is 0 Å². The lowest BCUT2D eigenvalue weighted by Crippen LogP contribution is -2.45. The van der Waals surface area contributed by atoms with Crippen LogP contribution in [0.5, 0.6) is 5.75 Å². The number of benzene rings is 2. The Bertz CT molecular complexity index is 811. The fraction of sp³-hybridized carbons (Fsp3) is 0.520. The fourth-order valence-corrected chi connectivity index (χ4v) is 6.02. The Morgan fingerprint density at radius 2 is 1.52 bits per heavy atom. The molecule has 3 aliphatic rings. The SMILES string of the molecule is COc1ccc(N2CCC(N3C[C@@H]4CN(C)[C@@H](c5ccccc5)[C@@H]4C3)CC2)cc1.Cl.Cl. The van der Waals surface area contributed by atoms with Gasteiger partial charge in [0.05, 0.1) is 7.11 Å². The Morgan fingerprint density at radius 3 is 2.16 bits per heavy atom. The Balaban J connectivity index is 0.00000136. The molecular formula is C25H35Cl2N3O. The van der Waals surface area contributed by atoms with Gasteiger partial charge in [0.2, 0.25) is 0 Å². The topological polar surface area (TPSA) is 19.0 Å². The number of fused-ring (bicyclic) bond motifs is 1. The third-order valence-electron chi connectivity index (χ3n) is 7.48. The van der Waals surface area contributed by atoms with Gasteiger partial charge in [-0.05, 0) is 61.6 Å². The van der Waals surface area contributed by atoms with Crippen molar-refractivity contribution in [2.24, 2.45) is 11.8 Å². The molecule has 0 amide bonds. The number of hydrogen-bond acceptors (Lipinski definition) is 4. The van der Waals surface area contributed by atoms with E-state index in [0.717, 1.165) is 36.7 Å². The minimum atomic E-state index is 0. The predicted molar refractivity (Wildman–Crippen MR) is 133 cm³/mol. The lowest BCUT2D eigenvalue weighted by atomic mass is 9.90. The van der Waals surface area contributed by atoms with Gasteiger partial charge >= 0.3 is 0 Å². The van der Waals surface area contributed by atoms with Gasteiger partial charge in [0, 0.05) is 50.5 Å². The zero-order valence-electron chi connectivity index (χ0n) is 18.5. The summed E-state index contributed by atoms with van der Waals surface area (Å²) in [5, 5.41) is 0. The second-order valence-electron chi connectivity index (χ2n) is 9.09. The van der Waals surface area contributed by atoms with Crippen LogP contribution in [0, 0.1) is 11.8 Å². The maximum Gasteiger partial charge on any atom is 0.119 e. The van der Waals surface area contributed by atoms with E-state index >= 15 is 0 Å². The molecule has 0 spiro atoms. The van der Waals surface area contributed by atoms with Crippen LogP contribution in [0.25, 0.3) is 0 Å². The molecule has 170 valence electrons. The molecule has 5 rings (SSSR count). The largest absolute Gasteiger partial charge is 0.497 e. The molecule has 0 radical (unpaired) electrons. The summed E-state index contributed by atoms with van der Waals surface area (Å²) < 4.78 is 5.30. The van der Waals surface area contributed by atoms with Gasteiger partial charge in [-0.2, -0.15) is 0 Å². The van der Waals surface area contributed by atoms with E-state index in [2.05, 4.69) is 76.3 Å². The zero-order chi connectivity index (χ0) is 19.8. The number of halogens is 2. The van der Waals surface area contributed by atoms with Crippen molar-refractivity contribution in [2.45, 2.75) is 24.9 Å². The van der Waals surface area contributed by atoms with Crippen LogP contribution in [0.2, 0.25) is 0 Å². The van der Waals surface area contributed by atoms with Crippen LogP contribution >= 0.6 is 24.8 Å². The standard InChI is InChI=1S/C25H33N3O.2ClH/c1-26-16-20-17-28(18-24(20)25(26)19-6-4-3-5-7-19)22-12-14-27(15-13-22)21-8-10-23(29-2)11-9-21;;/h3-11,20,22,24-25H,12-18H2,1-2H3;2*1H/t20-,24+,25-;;/m0../s1. The highest BCUT2D eigenvalue weighted by molar-refractivity contribution is 5.85. The van der Waals surface area contributed by atoms with E-state index < -0.39 is 0 Å². The van der Waals surface area contributed by atoms with Gasteiger partial charge in [0.25, 0.3) is 0 Å². The highest BCUT2D eigenvalue weighted by Gasteiger charge is 2.47. The monoisotopic (exact) mass is 463 g/mol. The first-order chi connectivity index (χ1) is 14.2. The van der Waals surface area contributed by atoms with Crippen molar-refractivity contribution >= 4 is 30.5 Å². The summed E-state index contributed by atoms with van der Waals surface area (Å²) in [5.41, 5.74) is 2.83. The Labute approximate surface area is 199 Å². The first-order valence-corrected chi connectivity index (χ1v) is 11.1. The molecule has 0 N–H and O–H groups in total. The highest BCUT2D eigenvalue weighted by atomic mass is 35.5. The Kier molecular flexibility index (Phi) is 8.14. The fourth-order valence-electron chi connectivity index (χ4n) is 6.02. The molecule has 4 nitrogen and oxygen atoms in total. The van der Waals surface area contributed by atoms with Crippen molar-refractivity contribution in [1.29, 1.82) is 0 Å². The molecular weight excluding hydrogens is 429 g/mol. The third kappa shape index (κ3) is 4.83. The van der Waals surface area contributed by atoms with Crippen molar-refractivity contribution in [2.75, 3.05) is 51.8 Å². The van der Waals surface area contributed by atoms with E-state index in [0.29, 0.717) is 6.04 Å². The van der Waals surface area contributed by atoms with E-state index in [4.69, 9.17) is 4.74 Å². The van der Waals surface area contributed by atoms with E-state index in [-0.39, 0.29) is 24.8 Å². The Morgan fingerprint density at radius 1 is 0.839 bits per heavy atom. The van der Waals surface area contributed by atoms with Crippen LogP contribution in [0.1, 0.15) is 24.4 Å². The molecule has 0 aromatic heterocycles. The smallest absolute Gasteiger partial charge is 0.119 e. The molecule has 3 saturated heterocycles. The van der Waals surface area contributed by atoms with Crippen LogP contribution < -0.4 is 9.64 Å². The first kappa shape index (κ1) is 24.2. The van der Waals surface area contributed by atoms with Crippen LogP contribution in [-0.2, 0) is 0 Å². The van der Waals surface area contributed by atoms with Crippen LogP contribution in [-0.4, -0.2) is 62.7 Å². The first-order valence-electron chi connectivity index (χ1n) is 11.1. The van der Waals surface area contributed by atoms with Crippen molar-refractivity contribution in [3.8, 4) is 5.75 Å². The van der Waals surface area contributed by atoms with Gasteiger partial charge in [-0.1, -0.05) is 30.3 Å². The van der Waals surface area contributed by atoms with Crippen molar-refractivity contribution in [3.05, 3.63) is 60.2 Å². The number of anilines is 1. The number of ether oxygens (including phenoxy) is 1. The summed E-state index contributed by atoms with van der Waals surface area (Å²) >= 11 is 0. The number of piperidine rings is 1. The maximum atomic E-state index is 5.30. The predicted octanol–water partition coefficient (Wildman–Crippen LogP) is 4.74. The number of methoxy groups -OCH3 is 1. The average molecular weight is 464 g/mol. The molecule has 0 unspecified atom stereocenters. The Hall–Kier alpha value is -1.46. The van der Waals surface area contributed by atoms with E-state index in [1.54, 1.807) is 7.11 Å². The van der Waals surface area contributed by atoms with Crippen molar-refractivity contribution < 1.29 is 4.74 Å². The van der Waals surface area contributed by atoms with Gasteiger partial charge in [0.1, 0.15) is 5.75 Å². The summed E-state index contributed by atoms with van der Waals surface area (Å²) in [6, 6.07) is 21.0. The summed E-state index contributed by atoms with van der Waals surface area (Å²) in [6.07, 6.45) is 2.55. The molecule has 3 heterocycles. The summed E-state index contributed by atoms with van der Waals surface area (Å²) in [7, 11) is 4.04. The quantitative estimate of drug-likeness (QED) is 0.651. The van der Waals surface area contributed by atoms with Crippen molar-refractivity contribution in [1.82, 2.24) is 9.80 Å². The maximum absolute atomic E-state index is 5.30. The molecule has 2 aromatic carbocycles. The molecule has 6 heteroatoms. The van der Waals surface area contributed by atoms with E-state index in [9.17, 15) is 0 Å². The van der Waals surface area contributed by atoms with Gasteiger partial charge in [-0.3, -0.25) is 9.80 Å². The molecule has 3 fully saturated rings. The number of rotatable bonds is 4. The van der Waals surface area contributed by atoms with Crippen LogP contribution in [0.4, 0.5) is 5.69 Å². The van der Waals surface area contributed by atoms with Crippen molar-refractivity contribution in [3.63, 3.8) is 0 Å². The lowest BCUT2D eigenvalue weighted by molar-refractivity contribution is 0.167. The number of nitrogens with zero attached hydrogens (tertiary/aromatic N) is 3. The van der Waals surface area contributed by atoms with Gasteiger partial charge in [0.15, 0.2) is 0 Å². The van der Waals surface area contributed by atoms with E-state index in [1.165, 1.54) is 43.7 Å². The lowest BCUT2D eigenvalue weighted by Gasteiger charge is -2.38. The van der Waals surface area contributed by atoms with Gasteiger partial charge < -0.3 is 9.64 Å². The minimum absolute atomic E-state index is 0. The van der Waals surface area contributed by atoms with Gasteiger partial charge in [-0.15, -0.1) is 24.8 Å². The zero-order valence-corrected chi connectivity index (χ0v) is 20.2. The molecule has 0 saturated carbocycles. The molecule has 3 atom stereocenters. The highest BCUT2D eigenvalue weighted by Crippen LogP contribution is 2.45. The third-order valence-corrected chi connectivity index (χ3v) is 7.48. The van der Waals surface area contributed by atoms with Crippen LogP contribution in [0.15, 0.2) is 54.6 Å². The second kappa shape index (κ2) is 10.4. The molecule has 2 aromatic rings. The number of hydrogen-bond donors (Lipinski definition) is 0. The summed E-state index contributed by atoms with van der Waals surface area (Å²) in [5.74, 6) is 2.54. The van der Waals surface area contributed by atoms with Crippen LogP contribution in [0.3, 0.4) is 0 Å². The number of likely N-dealkylation sites (tertiary alicyclic amines) is 2. The van der Waals surface area contributed by atoms with E-state index in [1.807, 2.05) is 0 Å². The molecule has 31 heavy (non-hydrogen) atoms. The molecule has 0 bridgehead atoms. The summed E-state index contributed by atoms with van der Waals surface area (Å²) in [4.78, 5) is 7.95. The second-order valence-corrected chi connectivity index (χ2v) is 9.09. The average Bonchev–Trinajstić information content (AvgIpc) is 3.31. The molecule has 0 aliphatic carbocycles. The molecule has 3 aliphatic heterocycles. The normalized spacial score (nSPS) is 26.8. The minimum Gasteiger partial charge on any atom is -0.497 e.